The molecule has 0 saturated heterocycles. The van der Waals surface area contributed by atoms with Crippen LogP contribution in [0.3, 0.4) is 0 Å². The van der Waals surface area contributed by atoms with Crippen LogP contribution in [0.2, 0.25) is 0 Å². The molecule has 3 rings (SSSR count). The van der Waals surface area contributed by atoms with Crippen LogP contribution in [0.15, 0.2) is 66.9 Å². The number of hydrogen-bond donors (Lipinski definition) is 2. The second-order valence-electron chi connectivity index (χ2n) is 5.89. The van der Waals surface area contributed by atoms with Gasteiger partial charge in [-0.1, -0.05) is 24.3 Å². The lowest BCUT2D eigenvalue weighted by atomic mass is 10.1. The van der Waals surface area contributed by atoms with Crippen LogP contribution in [0, 0.1) is 5.82 Å². The maximum Gasteiger partial charge on any atom is 0.251 e. The molecule has 138 valence electrons. The summed E-state index contributed by atoms with van der Waals surface area (Å²) in [5, 5.41) is 6.02. The Kier molecular flexibility index (Phi) is 5.99. The van der Waals surface area contributed by atoms with Crippen LogP contribution in [0.4, 0.5) is 15.9 Å². The molecule has 1 aromatic heterocycles. The highest BCUT2D eigenvalue weighted by molar-refractivity contribution is 5.94. The molecule has 0 aliphatic heterocycles. The monoisotopic (exact) mass is 365 g/mol. The molecule has 0 aliphatic rings. The molecular formula is C21H20FN3O2. The van der Waals surface area contributed by atoms with E-state index < -0.39 is 0 Å². The number of para-hydroxylation sites is 2. The molecule has 1 amide bonds. The van der Waals surface area contributed by atoms with Gasteiger partial charge in [-0.2, -0.15) is 0 Å². The van der Waals surface area contributed by atoms with Gasteiger partial charge in [0.1, 0.15) is 17.4 Å². The van der Waals surface area contributed by atoms with E-state index >= 15 is 0 Å². The van der Waals surface area contributed by atoms with Crippen LogP contribution < -0.4 is 15.4 Å². The van der Waals surface area contributed by atoms with E-state index in [0.29, 0.717) is 30.1 Å². The van der Waals surface area contributed by atoms with Crippen molar-refractivity contribution in [1.82, 2.24) is 10.3 Å². The number of nitrogens with zero attached hydrogens (tertiary/aromatic N) is 1. The van der Waals surface area contributed by atoms with Crippen LogP contribution >= 0.6 is 0 Å². The van der Waals surface area contributed by atoms with Crippen molar-refractivity contribution in [3.05, 3.63) is 83.8 Å². The van der Waals surface area contributed by atoms with Gasteiger partial charge in [0.2, 0.25) is 0 Å². The maximum atomic E-state index is 12.9. The molecule has 2 aromatic carbocycles. The molecule has 5 nitrogen and oxygen atoms in total. The van der Waals surface area contributed by atoms with Gasteiger partial charge in [0.05, 0.1) is 12.8 Å². The minimum atomic E-state index is -0.269. The fraction of sp³-hybridized carbons (Fsp3) is 0.143. The molecular weight excluding hydrogens is 345 g/mol. The number of carbonyl (C=O) groups is 1. The highest BCUT2D eigenvalue weighted by Crippen LogP contribution is 2.26. The van der Waals surface area contributed by atoms with Gasteiger partial charge >= 0.3 is 0 Å². The fourth-order valence-corrected chi connectivity index (χ4v) is 2.60. The molecule has 0 fully saturated rings. The first kappa shape index (κ1) is 18.4. The van der Waals surface area contributed by atoms with Crippen LogP contribution in [0.1, 0.15) is 15.9 Å². The number of rotatable bonds is 7. The van der Waals surface area contributed by atoms with Gasteiger partial charge in [-0.25, -0.2) is 9.37 Å². The van der Waals surface area contributed by atoms with Crippen molar-refractivity contribution < 1.29 is 13.9 Å². The number of carbonyl (C=O) groups excluding carboxylic acids is 1. The van der Waals surface area contributed by atoms with Crippen molar-refractivity contribution in [2.45, 2.75) is 6.42 Å². The Morgan fingerprint density at radius 1 is 1.11 bits per heavy atom. The van der Waals surface area contributed by atoms with Gasteiger partial charge in [0.25, 0.3) is 5.91 Å². The normalized spacial score (nSPS) is 10.3. The summed E-state index contributed by atoms with van der Waals surface area (Å²) in [6, 6.07) is 17.1. The van der Waals surface area contributed by atoms with Crippen LogP contribution in [-0.4, -0.2) is 24.5 Å². The maximum absolute atomic E-state index is 12.9. The third-order valence-electron chi connectivity index (χ3n) is 4.00. The highest BCUT2D eigenvalue weighted by atomic mass is 19.1. The zero-order chi connectivity index (χ0) is 19.1. The van der Waals surface area contributed by atoms with Crippen molar-refractivity contribution in [2.24, 2.45) is 0 Å². The summed E-state index contributed by atoms with van der Waals surface area (Å²) in [5.41, 5.74) is 2.23. The molecule has 1 heterocycles. The number of methoxy groups -OCH3 is 1. The van der Waals surface area contributed by atoms with Gasteiger partial charge in [0.15, 0.2) is 0 Å². The number of anilines is 2. The van der Waals surface area contributed by atoms with E-state index in [1.807, 2.05) is 24.3 Å². The summed E-state index contributed by atoms with van der Waals surface area (Å²) in [5.74, 6) is 0.774. The summed E-state index contributed by atoms with van der Waals surface area (Å²) < 4.78 is 18.2. The Labute approximate surface area is 157 Å². The van der Waals surface area contributed by atoms with Gasteiger partial charge in [0, 0.05) is 18.3 Å². The second kappa shape index (κ2) is 8.80. The van der Waals surface area contributed by atoms with Crippen molar-refractivity contribution in [3.63, 3.8) is 0 Å². The molecule has 0 unspecified atom stereocenters. The summed E-state index contributed by atoms with van der Waals surface area (Å²) in [6.07, 6.45) is 2.20. The number of pyridine rings is 1. The van der Waals surface area contributed by atoms with E-state index in [-0.39, 0.29) is 11.7 Å². The average molecular weight is 365 g/mol. The van der Waals surface area contributed by atoms with Crippen LogP contribution in [0.25, 0.3) is 0 Å². The van der Waals surface area contributed by atoms with E-state index in [0.717, 1.165) is 11.3 Å². The molecule has 0 radical (unpaired) electrons. The Morgan fingerprint density at radius 3 is 2.67 bits per heavy atom. The summed E-state index contributed by atoms with van der Waals surface area (Å²) in [4.78, 5) is 16.6. The second-order valence-corrected chi connectivity index (χ2v) is 5.89. The largest absolute Gasteiger partial charge is 0.495 e. The molecule has 6 heteroatoms. The number of amides is 1. The van der Waals surface area contributed by atoms with Gasteiger partial charge < -0.3 is 15.4 Å². The van der Waals surface area contributed by atoms with Crippen LogP contribution in [-0.2, 0) is 6.42 Å². The number of halogens is 1. The first-order chi connectivity index (χ1) is 13.2. The number of nitrogens with one attached hydrogen (secondary N) is 2. The van der Waals surface area contributed by atoms with Crippen molar-refractivity contribution >= 4 is 17.4 Å². The van der Waals surface area contributed by atoms with E-state index in [1.54, 1.807) is 37.6 Å². The molecule has 0 saturated carbocycles. The number of aromatic nitrogens is 1. The van der Waals surface area contributed by atoms with Gasteiger partial charge in [-0.05, 0) is 48.4 Å². The van der Waals surface area contributed by atoms with Crippen molar-refractivity contribution in [1.29, 1.82) is 0 Å². The lowest BCUT2D eigenvalue weighted by molar-refractivity contribution is 0.0954. The number of benzene rings is 2. The number of ether oxygens (including phenoxy) is 1. The number of hydrogen-bond acceptors (Lipinski definition) is 4. The molecule has 3 aromatic rings. The molecule has 0 aliphatic carbocycles. The standard InChI is InChI=1S/C21H20FN3O2/c1-27-19-5-3-2-4-18(19)25-20-14-16(11-13-23-20)21(26)24-12-10-15-6-8-17(22)9-7-15/h2-9,11,13-14H,10,12H2,1H3,(H,23,25)(H,24,26). The molecule has 0 atom stereocenters. The molecule has 0 bridgehead atoms. The van der Waals surface area contributed by atoms with E-state index in [9.17, 15) is 9.18 Å². The minimum Gasteiger partial charge on any atom is -0.495 e. The zero-order valence-corrected chi connectivity index (χ0v) is 14.9. The van der Waals surface area contributed by atoms with Gasteiger partial charge in [-0.15, -0.1) is 0 Å². The third kappa shape index (κ3) is 5.04. The first-order valence-corrected chi connectivity index (χ1v) is 8.54. The first-order valence-electron chi connectivity index (χ1n) is 8.54. The third-order valence-corrected chi connectivity index (χ3v) is 4.00. The summed E-state index contributed by atoms with van der Waals surface area (Å²) >= 11 is 0. The van der Waals surface area contributed by atoms with E-state index in [1.165, 1.54) is 12.1 Å². The zero-order valence-electron chi connectivity index (χ0n) is 14.9. The smallest absolute Gasteiger partial charge is 0.251 e. The average Bonchev–Trinajstić information content (AvgIpc) is 2.70. The Hall–Kier alpha value is -3.41. The summed E-state index contributed by atoms with van der Waals surface area (Å²) in [6.45, 7) is 0.460. The van der Waals surface area contributed by atoms with Crippen molar-refractivity contribution in [3.8, 4) is 5.75 Å². The van der Waals surface area contributed by atoms with E-state index in [4.69, 9.17) is 4.74 Å². The Morgan fingerprint density at radius 2 is 1.89 bits per heavy atom. The highest BCUT2D eigenvalue weighted by Gasteiger charge is 2.08. The minimum absolute atomic E-state index is 0.192. The molecule has 27 heavy (non-hydrogen) atoms. The SMILES string of the molecule is COc1ccccc1Nc1cc(C(=O)NCCc2ccc(F)cc2)ccn1. The van der Waals surface area contributed by atoms with Crippen molar-refractivity contribution in [2.75, 3.05) is 19.0 Å². The van der Waals surface area contributed by atoms with Gasteiger partial charge in [-0.3, -0.25) is 4.79 Å². The predicted octanol–water partition coefficient (Wildman–Crippen LogP) is 3.95. The molecule has 0 spiro atoms. The predicted molar refractivity (Wildman–Crippen MR) is 103 cm³/mol. The quantitative estimate of drug-likeness (QED) is 0.666. The Bertz CT molecular complexity index is 913. The Balaban J connectivity index is 1.60. The van der Waals surface area contributed by atoms with Crippen LogP contribution in [0.5, 0.6) is 5.75 Å². The summed E-state index contributed by atoms with van der Waals surface area (Å²) in [7, 11) is 1.60. The fourth-order valence-electron chi connectivity index (χ4n) is 2.60. The lowest BCUT2D eigenvalue weighted by Crippen LogP contribution is -2.25. The topological polar surface area (TPSA) is 63.2 Å². The van der Waals surface area contributed by atoms with E-state index in [2.05, 4.69) is 15.6 Å². The lowest BCUT2D eigenvalue weighted by Gasteiger charge is -2.11. The molecule has 2 N–H and O–H groups in total.